The van der Waals surface area contributed by atoms with Crippen LogP contribution in [0, 0.1) is 5.92 Å². The molecule has 0 saturated carbocycles. The van der Waals surface area contributed by atoms with Crippen LogP contribution in [-0.4, -0.2) is 16.0 Å². The van der Waals surface area contributed by atoms with Crippen molar-refractivity contribution >= 4 is 17.4 Å². The number of phenols is 2. The number of Topliss-reactive ketones (excluding diaryl/α,β-unsaturated/α-hetero) is 1. The van der Waals surface area contributed by atoms with Crippen molar-refractivity contribution in [1.29, 1.82) is 0 Å². The number of rotatable bonds is 6. The molecular weight excluding hydrogens is 384 g/mol. The van der Waals surface area contributed by atoms with Gasteiger partial charge in [-0.25, -0.2) is 0 Å². The molecule has 0 fully saturated rings. The van der Waals surface area contributed by atoms with Gasteiger partial charge in [-0.05, 0) is 69.2 Å². The third-order valence-electron chi connectivity index (χ3n) is 5.55. The fraction of sp³-hybridized carbons (Fsp3) is 0.320. The summed E-state index contributed by atoms with van der Waals surface area (Å²) in [6.45, 7) is 4.19. The first-order chi connectivity index (χ1) is 13.9. The van der Waals surface area contributed by atoms with E-state index < -0.39 is 0 Å². The predicted molar refractivity (Wildman–Crippen MR) is 118 cm³/mol. The zero-order chi connectivity index (χ0) is 21.0. The highest BCUT2D eigenvalue weighted by molar-refractivity contribution is 6.31. The lowest BCUT2D eigenvalue weighted by Gasteiger charge is -2.32. The van der Waals surface area contributed by atoms with Gasteiger partial charge in [0, 0.05) is 10.9 Å². The summed E-state index contributed by atoms with van der Waals surface area (Å²) < 4.78 is 0. The molecule has 2 atom stereocenters. The number of hydrogen-bond acceptors (Lipinski definition) is 3. The molecule has 4 heteroatoms. The third kappa shape index (κ3) is 4.91. The molecule has 0 heterocycles. The molecule has 0 radical (unpaired) electrons. The number of halogens is 1. The van der Waals surface area contributed by atoms with Crippen LogP contribution in [0.2, 0.25) is 5.02 Å². The normalized spacial score (nSPS) is 18.8. The van der Waals surface area contributed by atoms with Gasteiger partial charge in [0.05, 0.1) is 0 Å². The first-order valence-electron chi connectivity index (χ1n) is 9.99. The number of hydrogen-bond donors (Lipinski definition) is 2. The van der Waals surface area contributed by atoms with Crippen LogP contribution in [0.3, 0.4) is 0 Å². The van der Waals surface area contributed by atoms with Crippen molar-refractivity contribution in [3.8, 4) is 11.5 Å². The Morgan fingerprint density at radius 1 is 1.10 bits per heavy atom. The molecule has 0 saturated heterocycles. The minimum absolute atomic E-state index is 0.00375. The summed E-state index contributed by atoms with van der Waals surface area (Å²) in [5, 5.41) is 21.0. The third-order valence-corrected chi connectivity index (χ3v) is 5.90. The molecule has 0 unspecified atom stereocenters. The van der Waals surface area contributed by atoms with E-state index in [9.17, 15) is 15.0 Å². The van der Waals surface area contributed by atoms with Gasteiger partial charge in [-0.2, -0.15) is 0 Å². The smallest absolute Gasteiger partial charge is 0.174 e. The van der Waals surface area contributed by atoms with Crippen molar-refractivity contribution in [3.63, 3.8) is 0 Å². The standard InChI is InChI=1S/C25H27ClO3/c1-16(2)7-5-8-17-13-14-19(20(15-17)18-9-3-4-10-21(18)26)25(29)24-22(27)11-6-12-23(24)28/h3-4,6-7,9-13,19-20,27-28H,5,8,14-15H2,1-2H3/t19-,20+/m0/s1. The van der Waals surface area contributed by atoms with E-state index in [0.29, 0.717) is 11.4 Å². The molecule has 3 rings (SSSR count). The number of aromatic hydroxyl groups is 2. The molecule has 152 valence electrons. The SMILES string of the molecule is CC(C)=CCCC1=CC[C@H](C(=O)c2c(O)cccc2O)[C@@H](c2ccccc2Cl)C1. The highest BCUT2D eigenvalue weighted by atomic mass is 35.5. The second kappa shape index (κ2) is 9.32. The number of carbonyl (C=O) groups is 1. The molecule has 29 heavy (non-hydrogen) atoms. The van der Waals surface area contributed by atoms with Crippen LogP contribution in [0.15, 0.2) is 65.8 Å². The van der Waals surface area contributed by atoms with E-state index in [-0.39, 0.29) is 34.7 Å². The number of allylic oxidation sites excluding steroid dienone is 4. The number of ketones is 1. The van der Waals surface area contributed by atoms with Gasteiger partial charge < -0.3 is 10.2 Å². The molecule has 0 aromatic heterocycles. The van der Waals surface area contributed by atoms with Crippen LogP contribution in [0.1, 0.15) is 61.4 Å². The maximum absolute atomic E-state index is 13.3. The van der Waals surface area contributed by atoms with Crippen LogP contribution in [0.25, 0.3) is 0 Å². The molecule has 0 amide bonds. The average molecular weight is 411 g/mol. The Morgan fingerprint density at radius 3 is 2.45 bits per heavy atom. The van der Waals surface area contributed by atoms with Crippen molar-refractivity contribution < 1.29 is 15.0 Å². The monoisotopic (exact) mass is 410 g/mol. The van der Waals surface area contributed by atoms with Gasteiger partial charge in [-0.15, -0.1) is 0 Å². The molecule has 1 aliphatic rings. The molecule has 2 N–H and O–H groups in total. The van der Waals surface area contributed by atoms with Crippen molar-refractivity contribution in [2.75, 3.05) is 0 Å². The summed E-state index contributed by atoms with van der Waals surface area (Å²) in [5.74, 6) is -1.11. The minimum atomic E-state index is -0.388. The fourth-order valence-corrected chi connectivity index (χ4v) is 4.35. The van der Waals surface area contributed by atoms with Gasteiger partial charge >= 0.3 is 0 Å². The van der Waals surface area contributed by atoms with E-state index in [1.54, 1.807) is 0 Å². The first kappa shape index (κ1) is 21.2. The molecule has 2 aromatic carbocycles. The summed E-state index contributed by atoms with van der Waals surface area (Å²) in [6.07, 6.45) is 7.60. The van der Waals surface area contributed by atoms with Crippen LogP contribution in [0.4, 0.5) is 0 Å². The largest absolute Gasteiger partial charge is 0.507 e. The molecule has 0 aliphatic heterocycles. The van der Waals surface area contributed by atoms with Crippen LogP contribution in [-0.2, 0) is 0 Å². The van der Waals surface area contributed by atoms with Gasteiger partial charge in [-0.1, -0.05) is 59.2 Å². The van der Waals surface area contributed by atoms with Crippen LogP contribution in [0.5, 0.6) is 11.5 Å². The summed E-state index contributed by atoms with van der Waals surface area (Å²) in [6, 6.07) is 12.0. The quantitative estimate of drug-likeness (QED) is 0.406. The Morgan fingerprint density at radius 2 is 1.79 bits per heavy atom. The lowest BCUT2D eigenvalue weighted by Crippen LogP contribution is -2.26. The molecular formula is C25H27ClO3. The second-order valence-electron chi connectivity index (χ2n) is 7.89. The minimum Gasteiger partial charge on any atom is -0.507 e. The van der Waals surface area contributed by atoms with Crippen molar-refractivity contribution in [2.24, 2.45) is 5.92 Å². The van der Waals surface area contributed by atoms with E-state index in [2.05, 4.69) is 26.0 Å². The summed E-state index contributed by atoms with van der Waals surface area (Å²) in [7, 11) is 0. The fourth-order valence-electron chi connectivity index (χ4n) is 4.07. The van der Waals surface area contributed by atoms with Crippen molar-refractivity contribution in [2.45, 2.75) is 45.4 Å². The van der Waals surface area contributed by atoms with E-state index in [1.807, 2.05) is 24.3 Å². The zero-order valence-corrected chi connectivity index (χ0v) is 17.6. The van der Waals surface area contributed by atoms with E-state index in [0.717, 1.165) is 24.8 Å². The molecule has 2 aromatic rings. The highest BCUT2D eigenvalue weighted by Crippen LogP contribution is 2.44. The van der Waals surface area contributed by atoms with E-state index >= 15 is 0 Å². The van der Waals surface area contributed by atoms with E-state index in [4.69, 9.17) is 11.6 Å². The lowest BCUT2D eigenvalue weighted by molar-refractivity contribution is 0.0889. The molecule has 0 bridgehead atoms. The van der Waals surface area contributed by atoms with Crippen molar-refractivity contribution in [3.05, 3.63) is 81.9 Å². The molecule has 1 aliphatic carbocycles. The Labute approximate surface area is 177 Å². The summed E-state index contributed by atoms with van der Waals surface area (Å²) in [4.78, 5) is 13.3. The summed E-state index contributed by atoms with van der Waals surface area (Å²) in [5.41, 5.74) is 3.55. The van der Waals surface area contributed by atoms with E-state index in [1.165, 1.54) is 29.3 Å². The van der Waals surface area contributed by atoms with Gasteiger partial charge in [0.25, 0.3) is 0 Å². The Hall–Kier alpha value is -2.52. The van der Waals surface area contributed by atoms with Gasteiger partial charge in [-0.3, -0.25) is 4.79 Å². The predicted octanol–water partition coefficient (Wildman–Crippen LogP) is 6.80. The number of carbonyl (C=O) groups excluding carboxylic acids is 1. The van der Waals surface area contributed by atoms with Gasteiger partial charge in [0.2, 0.25) is 0 Å². The van der Waals surface area contributed by atoms with Crippen molar-refractivity contribution in [1.82, 2.24) is 0 Å². The molecule has 3 nitrogen and oxygen atoms in total. The topological polar surface area (TPSA) is 57.5 Å². The lowest BCUT2D eigenvalue weighted by atomic mass is 9.72. The number of phenolic OH excluding ortho intramolecular Hbond substituents is 2. The highest BCUT2D eigenvalue weighted by Gasteiger charge is 2.35. The average Bonchev–Trinajstić information content (AvgIpc) is 2.68. The van der Waals surface area contributed by atoms with Crippen LogP contribution < -0.4 is 0 Å². The number of benzene rings is 2. The Balaban J connectivity index is 1.95. The zero-order valence-electron chi connectivity index (χ0n) is 16.9. The molecule has 0 spiro atoms. The first-order valence-corrected chi connectivity index (χ1v) is 10.4. The Kier molecular flexibility index (Phi) is 6.81. The second-order valence-corrected chi connectivity index (χ2v) is 8.30. The van der Waals surface area contributed by atoms with Gasteiger partial charge in [0.1, 0.15) is 17.1 Å². The van der Waals surface area contributed by atoms with Crippen LogP contribution >= 0.6 is 11.6 Å². The Bertz CT molecular complexity index is 934. The summed E-state index contributed by atoms with van der Waals surface area (Å²) >= 11 is 6.49. The maximum Gasteiger partial charge on any atom is 0.174 e. The maximum atomic E-state index is 13.3. The van der Waals surface area contributed by atoms with Gasteiger partial charge in [0.15, 0.2) is 5.78 Å².